The monoisotopic (exact) mass is 450 g/mol. The lowest BCUT2D eigenvalue weighted by molar-refractivity contribution is -0.119. The first kappa shape index (κ1) is 21.8. The van der Waals surface area contributed by atoms with Crippen LogP contribution >= 0.6 is 0 Å². The van der Waals surface area contributed by atoms with Crippen LogP contribution < -0.4 is 5.32 Å². The summed E-state index contributed by atoms with van der Waals surface area (Å²) in [5.74, 6) is -0.534. The number of para-hydroxylation sites is 2. The van der Waals surface area contributed by atoms with E-state index >= 15 is 0 Å². The van der Waals surface area contributed by atoms with Gasteiger partial charge in [0, 0.05) is 16.8 Å². The quantitative estimate of drug-likeness (QED) is 0.401. The number of esters is 1. The number of rotatable bonds is 5. The number of aromatic nitrogens is 1. The van der Waals surface area contributed by atoms with Crippen LogP contribution in [0, 0.1) is 6.92 Å². The number of hydrogen-bond donors (Lipinski definition) is 1. The van der Waals surface area contributed by atoms with Gasteiger partial charge in [-0.1, -0.05) is 66.7 Å². The van der Waals surface area contributed by atoms with E-state index in [0.717, 1.165) is 47.0 Å². The molecule has 0 fully saturated rings. The minimum absolute atomic E-state index is 0.313. The van der Waals surface area contributed by atoms with Crippen LogP contribution in [0.4, 0.5) is 5.69 Å². The zero-order valence-electron chi connectivity index (χ0n) is 19.1. The van der Waals surface area contributed by atoms with E-state index in [1.807, 2.05) is 73.7 Å². The number of ether oxygens (including phenoxy) is 1. The molecule has 3 aromatic carbocycles. The molecule has 0 aliphatic heterocycles. The molecule has 0 radical (unpaired) electrons. The molecule has 4 aromatic rings. The van der Waals surface area contributed by atoms with Gasteiger partial charge in [-0.05, 0) is 60.9 Å². The number of carbonyl (C=O) groups is 2. The maximum absolute atomic E-state index is 13.4. The van der Waals surface area contributed by atoms with Gasteiger partial charge < -0.3 is 10.1 Å². The summed E-state index contributed by atoms with van der Waals surface area (Å²) in [5.41, 5.74) is 6.11. The van der Waals surface area contributed by atoms with Gasteiger partial charge in [0.05, 0.1) is 11.1 Å². The molecule has 1 aliphatic carbocycles. The summed E-state index contributed by atoms with van der Waals surface area (Å²) in [6.45, 7) is 1.57. The molecular weight excluding hydrogens is 424 g/mol. The van der Waals surface area contributed by atoms with E-state index < -0.39 is 5.97 Å². The average Bonchev–Trinajstić information content (AvgIpc) is 2.87. The third-order valence-electron chi connectivity index (χ3n) is 6.49. The highest BCUT2D eigenvalue weighted by atomic mass is 16.5. The predicted molar refractivity (Wildman–Crippen MR) is 133 cm³/mol. The lowest BCUT2D eigenvalue weighted by Gasteiger charge is -2.27. The smallest absolute Gasteiger partial charge is 0.339 e. The Morgan fingerprint density at radius 1 is 0.971 bits per heavy atom. The second kappa shape index (κ2) is 9.48. The van der Waals surface area contributed by atoms with Crippen molar-refractivity contribution in [2.75, 3.05) is 11.9 Å². The van der Waals surface area contributed by atoms with Crippen molar-refractivity contribution >= 4 is 28.5 Å². The summed E-state index contributed by atoms with van der Waals surface area (Å²) >= 11 is 0. The third kappa shape index (κ3) is 4.42. The molecule has 5 nitrogen and oxygen atoms in total. The fraction of sp³-hybridized carbons (Fsp3) is 0.207. The van der Waals surface area contributed by atoms with Gasteiger partial charge in [-0.3, -0.25) is 9.78 Å². The Balaban J connectivity index is 1.42. The molecule has 0 bridgehead atoms. The SMILES string of the molecule is Cc1ccccc1NC(=O)COC(=O)c1c2c(nc3ccccc13)CCC(c1ccccc1)C2. The number of pyridine rings is 1. The van der Waals surface area contributed by atoms with Gasteiger partial charge in [-0.2, -0.15) is 0 Å². The number of nitrogens with one attached hydrogen (secondary N) is 1. The molecule has 1 atom stereocenters. The van der Waals surface area contributed by atoms with Crippen LogP contribution in [0.25, 0.3) is 10.9 Å². The van der Waals surface area contributed by atoms with Crippen molar-refractivity contribution < 1.29 is 14.3 Å². The molecule has 1 N–H and O–H groups in total. The number of aryl methyl sites for hydroxylation is 2. The van der Waals surface area contributed by atoms with Crippen LogP contribution in [0.15, 0.2) is 78.9 Å². The predicted octanol–water partition coefficient (Wildman–Crippen LogP) is 5.61. The number of hydrogen-bond acceptors (Lipinski definition) is 4. The molecule has 1 aromatic heterocycles. The Hall–Kier alpha value is -3.99. The second-order valence-electron chi connectivity index (χ2n) is 8.72. The van der Waals surface area contributed by atoms with Gasteiger partial charge in [-0.15, -0.1) is 0 Å². The standard InChI is InChI=1S/C29H26N2O3/c1-19-9-5-7-13-24(19)31-27(32)18-34-29(33)28-22-12-6-8-14-25(22)30-26-16-15-21(17-23(26)28)20-10-3-2-4-11-20/h2-14,21H,15-18H2,1H3,(H,31,32). The molecule has 1 heterocycles. The van der Waals surface area contributed by atoms with Gasteiger partial charge in [0.25, 0.3) is 5.91 Å². The van der Waals surface area contributed by atoms with Crippen molar-refractivity contribution in [2.45, 2.75) is 32.1 Å². The first-order valence-corrected chi connectivity index (χ1v) is 11.6. The fourth-order valence-electron chi connectivity index (χ4n) is 4.73. The van der Waals surface area contributed by atoms with Crippen molar-refractivity contribution in [1.29, 1.82) is 0 Å². The summed E-state index contributed by atoms with van der Waals surface area (Å²) in [4.78, 5) is 30.7. The van der Waals surface area contributed by atoms with Crippen LogP contribution in [0.2, 0.25) is 0 Å². The minimum Gasteiger partial charge on any atom is -0.452 e. The third-order valence-corrected chi connectivity index (χ3v) is 6.49. The van der Waals surface area contributed by atoms with E-state index in [9.17, 15) is 9.59 Å². The summed E-state index contributed by atoms with van der Waals surface area (Å²) in [7, 11) is 0. The van der Waals surface area contributed by atoms with Crippen molar-refractivity contribution in [1.82, 2.24) is 4.98 Å². The molecule has 0 saturated carbocycles. The lowest BCUT2D eigenvalue weighted by Crippen LogP contribution is -2.24. The number of amides is 1. The maximum atomic E-state index is 13.4. The van der Waals surface area contributed by atoms with Crippen LogP contribution in [0.3, 0.4) is 0 Å². The highest BCUT2D eigenvalue weighted by Crippen LogP contribution is 2.36. The zero-order valence-corrected chi connectivity index (χ0v) is 19.1. The van der Waals surface area contributed by atoms with Crippen molar-refractivity contribution in [3.63, 3.8) is 0 Å². The van der Waals surface area contributed by atoms with E-state index in [-0.39, 0.29) is 12.5 Å². The van der Waals surface area contributed by atoms with Crippen LogP contribution in [0.5, 0.6) is 0 Å². The van der Waals surface area contributed by atoms with Crippen molar-refractivity contribution in [2.24, 2.45) is 0 Å². The molecule has 1 amide bonds. The topological polar surface area (TPSA) is 68.3 Å². The van der Waals surface area contributed by atoms with E-state index in [4.69, 9.17) is 9.72 Å². The summed E-state index contributed by atoms with van der Waals surface area (Å²) < 4.78 is 5.54. The van der Waals surface area contributed by atoms with E-state index in [0.29, 0.717) is 17.2 Å². The zero-order chi connectivity index (χ0) is 23.5. The molecule has 1 unspecified atom stereocenters. The van der Waals surface area contributed by atoms with E-state index in [1.54, 1.807) is 0 Å². The van der Waals surface area contributed by atoms with Gasteiger partial charge >= 0.3 is 5.97 Å². The second-order valence-corrected chi connectivity index (χ2v) is 8.72. The van der Waals surface area contributed by atoms with E-state index in [1.165, 1.54) is 5.56 Å². The normalized spacial score (nSPS) is 14.9. The summed E-state index contributed by atoms with van der Waals surface area (Å²) in [6, 6.07) is 25.5. The summed E-state index contributed by atoms with van der Waals surface area (Å²) in [6.07, 6.45) is 2.50. The Morgan fingerprint density at radius 3 is 2.53 bits per heavy atom. The number of fused-ring (bicyclic) bond motifs is 2. The summed E-state index contributed by atoms with van der Waals surface area (Å²) in [5, 5.41) is 3.58. The number of benzene rings is 3. The minimum atomic E-state index is -0.483. The Kier molecular flexibility index (Phi) is 6.09. The first-order chi connectivity index (χ1) is 16.6. The molecule has 5 heteroatoms. The molecular formula is C29H26N2O3. The Bertz CT molecular complexity index is 1360. The highest BCUT2D eigenvalue weighted by molar-refractivity contribution is 6.06. The molecule has 170 valence electrons. The Labute approximate surface area is 198 Å². The highest BCUT2D eigenvalue weighted by Gasteiger charge is 2.28. The molecule has 5 rings (SSSR count). The molecule has 34 heavy (non-hydrogen) atoms. The van der Waals surface area contributed by atoms with Gasteiger partial charge in [-0.25, -0.2) is 4.79 Å². The van der Waals surface area contributed by atoms with Crippen molar-refractivity contribution in [3.8, 4) is 0 Å². The van der Waals surface area contributed by atoms with Gasteiger partial charge in [0.2, 0.25) is 0 Å². The van der Waals surface area contributed by atoms with Gasteiger partial charge in [0.1, 0.15) is 0 Å². The maximum Gasteiger partial charge on any atom is 0.339 e. The van der Waals surface area contributed by atoms with Crippen LogP contribution in [-0.2, 0) is 22.4 Å². The largest absolute Gasteiger partial charge is 0.452 e. The fourth-order valence-corrected chi connectivity index (χ4v) is 4.73. The first-order valence-electron chi connectivity index (χ1n) is 11.6. The lowest BCUT2D eigenvalue weighted by atomic mass is 9.80. The molecule has 0 saturated heterocycles. The number of anilines is 1. The molecule has 1 aliphatic rings. The van der Waals surface area contributed by atoms with E-state index in [2.05, 4.69) is 17.4 Å². The Morgan fingerprint density at radius 2 is 1.71 bits per heavy atom. The van der Waals surface area contributed by atoms with Crippen molar-refractivity contribution in [3.05, 3.63) is 107 Å². The number of carbonyl (C=O) groups excluding carboxylic acids is 2. The van der Waals surface area contributed by atoms with Crippen LogP contribution in [-0.4, -0.2) is 23.5 Å². The average molecular weight is 451 g/mol. The van der Waals surface area contributed by atoms with Gasteiger partial charge in [0.15, 0.2) is 6.61 Å². The van der Waals surface area contributed by atoms with Crippen LogP contribution in [0.1, 0.15) is 45.1 Å². The molecule has 0 spiro atoms. The number of nitrogens with zero attached hydrogens (tertiary/aromatic N) is 1.